The van der Waals surface area contributed by atoms with Gasteiger partial charge in [0.2, 0.25) is 0 Å². The number of H-pyrrole nitrogens is 1. The Hall–Kier alpha value is -2.83. The van der Waals surface area contributed by atoms with Crippen molar-refractivity contribution in [3.05, 3.63) is 53.7 Å². The summed E-state index contributed by atoms with van der Waals surface area (Å²) in [5.74, 6) is 0.412. The van der Waals surface area contributed by atoms with Crippen LogP contribution in [-0.2, 0) is 6.54 Å². The van der Waals surface area contributed by atoms with Crippen LogP contribution in [0.4, 0.5) is 0 Å². The van der Waals surface area contributed by atoms with E-state index in [9.17, 15) is 9.90 Å². The fourth-order valence-electron chi connectivity index (χ4n) is 4.46. The Morgan fingerprint density at radius 3 is 2.66 bits per heavy atom. The summed E-state index contributed by atoms with van der Waals surface area (Å²) in [5.41, 5.74) is 4.45. The fourth-order valence-corrected chi connectivity index (χ4v) is 4.46. The minimum Gasteiger partial charge on any atom is -0.496 e. The van der Waals surface area contributed by atoms with Gasteiger partial charge in [0.25, 0.3) is 5.91 Å². The molecule has 1 atom stereocenters. The highest BCUT2D eigenvalue weighted by molar-refractivity contribution is 5.99. The molecule has 0 saturated carbocycles. The molecule has 1 aromatic heterocycles. The largest absolute Gasteiger partial charge is 0.496 e. The summed E-state index contributed by atoms with van der Waals surface area (Å²) < 4.78 is 5.44. The normalized spacial score (nSPS) is 17.1. The minimum atomic E-state index is -0.330. The molecule has 1 aliphatic heterocycles. The zero-order valence-electron chi connectivity index (χ0n) is 19.4. The summed E-state index contributed by atoms with van der Waals surface area (Å²) in [4.78, 5) is 18.7. The zero-order valence-corrected chi connectivity index (χ0v) is 19.4. The lowest BCUT2D eigenvalue weighted by Crippen LogP contribution is -2.40. The van der Waals surface area contributed by atoms with Gasteiger partial charge in [-0.1, -0.05) is 12.1 Å². The third-order valence-electron chi connectivity index (χ3n) is 6.03. The molecule has 1 saturated heterocycles. The van der Waals surface area contributed by atoms with Crippen LogP contribution in [0, 0.1) is 0 Å². The first-order valence-corrected chi connectivity index (χ1v) is 11.2. The van der Waals surface area contributed by atoms with Gasteiger partial charge in [-0.3, -0.25) is 9.69 Å². The molecule has 32 heavy (non-hydrogen) atoms. The van der Waals surface area contributed by atoms with Crippen LogP contribution in [0.5, 0.6) is 5.75 Å². The lowest BCUT2D eigenvalue weighted by molar-refractivity contribution is 0.0916. The summed E-state index contributed by atoms with van der Waals surface area (Å²) in [7, 11) is 1.58. The first-order valence-electron chi connectivity index (χ1n) is 11.2. The van der Waals surface area contributed by atoms with E-state index in [0.29, 0.717) is 11.3 Å². The molecule has 2 aromatic carbocycles. The number of likely N-dealkylation sites (tertiary alicyclic amines) is 1. The van der Waals surface area contributed by atoms with Crippen molar-refractivity contribution in [1.29, 1.82) is 0 Å². The summed E-state index contributed by atoms with van der Waals surface area (Å²) in [5, 5.41) is 13.7. The summed E-state index contributed by atoms with van der Waals surface area (Å²) in [6.07, 6.45) is 2.20. The molecule has 0 aliphatic carbocycles. The number of aliphatic hydroxyl groups excluding tert-OH is 1. The van der Waals surface area contributed by atoms with Crippen molar-refractivity contribution < 1.29 is 14.6 Å². The number of aliphatic hydroxyl groups is 1. The Kier molecular flexibility index (Phi) is 6.26. The van der Waals surface area contributed by atoms with Crippen LogP contribution in [0.2, 0.25) is 0 Å². The molecule has 6 heteroatoms. The molecule has 0 radical (unpaired) electrons. The van der Waals surface area contributed by atoms with E-state index in [2.05, 4.69) is 39.5 Å². The number of carbonyl (C=O) groups excluding carboxylic acids is 1. The quantitative estimate of drug-likeness (QED) is 0.539. The van der Waals surface area contributed by atoms with Gasteiger partial charge < -0.3 is 20.1 Å². The Morgan fingerprint density at radius 2 is 1.94 bits per heavy atom. The predicted octanol–water partition coefficient (Wildman–Crippen LogP) is 4.33. The number of rotatable bonds is 6. The van der Waals surface area contributed by atoms with E-state index >= 15 is 0 Å². The molecule has 2 heterocycles. The molecule has 3 N–H and O–H groups in total. The van der Waals surface area contributed by atoms with Crippen molar-refractivity contribution in [2.45, 2.75) is 51.7 Å². The summed E-state index contributed by atoms with van der Waals surface area (Å²) in [6.45, 7) is 7.94. The number of fused-ring (bicyclic) bond motifs is 1. The maximum absolute atomic E-state index is 12.8. The number of nitrogens with one attached hydrogen (secondary N) is 2. The second-order valence-electron chi connectivity index (χ2n) is 9.66. The highest BCUT2D eigenvalue weighted by Gasteiger charge is 2.24. The molecule has 0 bridgehead atoms. The summed E-state index contributed by atoms with van der Waals surface area (Å²) >= 11 is 0. The standard InChI is InChI=1S/C26H33N3O3/c1-26(2,3)28-25(31)22-14-18(8-10-24(22)32-4)17-7-9-23-19(12-17)13-20(27-23)15-29-11-5-6-21(29)16-30/h7-10,12-14,21,27,30H,5-6,11,15-16H2,1-4H3,(H,28,31)/t21-/m1/s1. The lowest BCUT2D eigenvalue weighted by atomic mass is 10.00. The van der Waals surface area contributed by atoms with Crippen LogP contribution in [0.3, 0.4) is 0 Å². The number of methoxy groups -OCH3 is 1. The lowest BCUT2D eigenvalue weighted by Gasteiger charge is -2.21. The molecule has 3 aromatic rings. The van der Waals surface area contributed by atoms with Gasteiger partial charge >= 0.3 is 0 Å². The van der Waals surface area contributed by atoms with Crippen molar-refractivity contribution in [2.24, 2.45) is 0 Å². The second-order valence-corrected chi connectivity index (χ2v) is 9.66. The average Bonchev–Trinajstić information content (AvgIpc) is 3.37. The monoisotopic (exact) mass is 435 g/mol. The highest BCUT2D eigenvalue weighted by Crippen LogP contribution is 2.30. The molecule has 170 valence electrons. The molecule has 0 spiro atoms. The summed E-state index contributed by atoms with van der Waals surface area (Å²) in [6, 6.07) is 14.5. The Balaban J connectivity index is 1.62. The van der Waals surface area contributed by atoms with Crippen molar-refractivity contribution in [3.63, 3.8) is 0 Å². The molecular formula is C26H33N3O3. The third kappa shape index (κ3) is 4.81. The molecule has 1 aliphatic rings. The number of ether oxygens (including phenoxy) is 1. The maximum atomic E-state index is 12.8. The van der Waals surface area contributed by atoms with E-state index in [-0.39, 0.29) is 24.1 Å². The predicted molar refractivity (Wildman–Crippen MR) is 128 cm³/mol. The van der Waals surface area contributed by atoms with E-state index in [1.54, 1.807) is 7.11 Å². The van der Waals surface area contributed by atoms with Gasteiger partial charge in [-0.05, 0) is 81.6 Å². The molecule has 6 nitrogen and oxygen atoms in total. The molecular weight excluding hydrogens is 402 g/mol. The minimum absolute atomic E-state index is 0.148. The smallest absolute Gasteiger partial charge is 0.255 e. The van der Waals surface area contributed by atoms with Gasteiger partial charge in [0.15, 0.2) is 0 Å². The Morgan fingerprint density at radius 1 is 1.19 bits per heavy atom. The number of carbonyl (C=O) groups is 1. The Bertz CT molecular complexity index is 1110. The first-order chi connectivity index (χ1) is 15.3. The molecule has 4 rings (SSSR count). The van der Waals surface area contributed by atoms with Gasteiger partial charge in [0.1, 0.15) is 5.75 Å². The van der Waals surface area contributed by atoms with Crippen LogP contribution in [0.1, 0.15) is 49.7 Å². The first kappa shape index (κ1) is 22.4. The number of aromatic nitrogens is 1. The number of hydrogen-bond acceptors (Lipinski definition) is 4. The topological polar surface area (TPSA) is 77.6 Å². The molecule has 0 unspecified atom stereocenters. The third-order valence-corrected chi connectivity index (χ3v) is 6.03. The van der Waals surface area contributed by atoms with Crippen molar-refractivity contribution in [2.75, 3.05) is 20.3 Å². The van der Waals surface area contributed by atoms with E-state index in [0.717, 1.165) is 53.7 Å². The SMILES string of the molecule is COc1ccc(-c2ccc3[nH]c(CN4CCC[C@@H]4CO)cc3c2)cc1C(=O)NC(C)(C)C. The van der Waals surface area contributed by atoms with Gasteiger partial charge in [-0.25, -0.2) is 0 Å². The van der Waals surface area contributed by atoms with Crippen LogP contribution in [0.15, 0.2) is 42.5 Å². The van der Waals surface area contributed by atoms with E-state index in [4.69, 9.17) is 4.74 Å². The van der Waals surface area contributed by atoms with E-state index in [1.165, 1.54) is 0 Å². The average molecular weight is 436 g/mol. The van der Waals surface area contributed by atoms with Crippen molar-refractivity contribution >= 4 is 16.8 Å². The van der Waals surface area contributed by atoms with Gasteiger partial charge in [-0.15, -0.1) is 0 Å². The maximum Gasteiger partial charge on any atom is 0.255 e. The van der Waals surface area contributed by atoms with Gasteiger partial charge in [-0.2, -0.15) is 0 Å². The number of benzene rings is 2. The number of nitrogens with zero attached hydrogens (tertiary/aromatic N) is 1. The van der Waals surface area contributed by atoms with Crippen LogP contribution in [0.25, 0.3) is 22.0 Å². The number of aromatic amines is 1. The second kappa shape index (κ2) is 8.96. The van der Waals surface area contributed by atoms with E-state index in [1.807, 2.05) is 39.0 Å². The number of hydrogen-bond donors (Lipinski definition) is 3. The van der Waals surface area contributed by atoms with Gasteiger partial charge in [0.05, 0.1) is 19.3 Å². The van der Waals surface area contributed by atoms with Crippen LogP contribution < -0.4 is 10.1 Å². The molecule has 1 amide bonds. The van der Waals surface area contributed by atoms with E-state index < -0.39 is 0 Å². The van der Waals surface area contributed by atoms with Crippen LogP contribution >= 0.6 is 0 Å². The van der Waals surface area contributed by atoms with Crippen molar-refractivity contribution in [1.82, 2.24) is 15.2 Å². The fraction of sp³-hybridized carbons (Fsp3) is 0.423. The zero-order chi connectivity index (χ0) is 22.9. The molecule has 1 fully saturated rings. The highest BCUT2D eigenvalue weighted by atomic mass is 16.5. The number of amides is 1. The van der Waals surface area contributed by atoms with Crippen molar-refractivity contribution in [3.8, 4) is 16.9 Å². The van der Waals surface area contributed by atoms with Gasteiger partial charge in [0, 0.05) is 34.7 Å². The van der Waals surface area contributed by atoms with Crippen LogP contribution in [-0.4, -0.2) is 52.7 Å². The Labute approximate surface area is 189 Å².